The number of aromatic amines is 1. The molecule has 4 aromatic rings. The fraction of sp³-hybridized carbons (Fsp3) is 0.606. The predicted molar refractivity (Wildman–Crippen MR) is 327 cm³/mol. The number of likely N-dealkylation sites (N-methyl/N-ethyl adjacent to an activating group) is 1. The molecule has 1 aromatic heterocycles. The number of nitrogens with one attached hydrogen (secondary N) is 4. The van der Waals surface area contributed by atoms with Crippen LogP contribution in [0.3, 0.4) is 0 Å². The first-order chi connectivity index (χ1) is 40.9. The molecule has 3 saturated heterocycles. The van der Waals surface area contributed by atoms with Gasteiger partial charge < -0.3 is 68.8 Å². The molecule has 3 aliphatic heterocycles. The van der Waals surface area contributed by atoms with E-state index in [1.807, 2.05) is 76.2 Å². The zero-order valence-corrected chi connectivity index (χ0v) is 50.9. The van der Waals surface area contributed by atoms with Crippen LogP contribution in [0.15, 0.2) is 71.5 Å². The zero-order valence-electron chi connectivity index (χ0n) is 50.9. The number of hydrogen-bond acceptors (Lipinski definition) is 14. The zero-order chi connectivity index (χ0) is 59.2. The van der Waals surface area contributed by atoms with Gasteiger partial charge >= 0.3 is 0 Å². The topological polar surface area (TPSA) is 194 Å². The lowest BCUT2D eigenvalue weighted by Crippen LogP contribution is -2.58. The molecule has 4 atom stereocenters. The monoisotopic (exact) mass is 1160 g/mol. The van der Waals surface area contributed by atoms with Crippen LogP contribution >= 0.6 is 0 Å². The predicted octanol–water partition coefficient (Wildman–Crippen LogP) is 7.56. The second-order valence-corrected chi connectivity index (χ2v) is 23.1. The molecule has 4 heterocycles. The fourth-order valence-electron chi connectivity index (χ4n) is 12.5. The molecular weight excluding hydrogens is 1070 g/mol. The Morgan fingerprint density at radius 2 is 1.35 bits per heavy atom. The molecule has 4 aliphatic rings. The number of piperidine rings is 1. The SMILES string of the molecule is CCN(c1cc(-c2ccc(OCCOCCOCCOCCOCCOc3ccc(CCN4CC[C@H]5CCN(C(=O)[C@@H](NC(=O)[C@H](C)NC)C6CCCCC6)[C@H]5C4)cc3)cc2)cc(C(=O)NCc2c(C)cc(C)[nH]c2=O)c1C)C1CCOCC1. The summed E-state index contributed by atoms with van der Waals surface area (Å²) < 4.78 is 40.5. The van der Waals surface area contributed by atoms with Crippen LogP contribution in [-0.2, 0) is 46.2 Å². The first-order valence-electron chi connectivity index (χ1n) is 31.1. The van der Waals surface area contributed by atoms with Crippen molar-refractivity contribution < 1.29 is 47.5 Å². The number of hydrogen-bond donors (Lipinski definition) is 4. The van der Waals surface area contributed by atoms with Crippen molar-refractivity contribution in [1.29, 1.82) is 0 Å². The highest BCUT2D eigenvalue weighted by Gasteiger charge is 2.44. The lowest BCUT2D eigenvalue weighted by molar-refractivity contribution is -0.140. The normalized spacial score (nSPS) is 18.5. The van der Waals surface area contributed by atoms with Crippen molar-refractivity contribution in [3.8, 4) is 22.6 Å². The number of likely N-dealkylation sites (tertiary alicyclic amines) is 2. The first-order valence-corrected chi connectivity index (χ1v) is 31.1. The summed E-state index contributed by atoms with van der Waals surface area (Å²) in [5, 5.41) is 9.25. The summed E-state index contributed by atoms with van der Waals surface area (Å²) in [7, 11) is 1.78. The molecule has 0 spiro atoms. The highest BCUT2D eigenvalue weighted by Crippen LogP contribution is 2.37. The van der Waals surface area contributed by atoms with Crippen LogP contribution in [-0.4, -0.2) is 176 Å². The van der Waals surface area contributed by atoms with E-state index in [-0.39, 0.29) is 47.8 Å². The van der Waals surface area contributed by atoms with Crippen LogP contribution in [0.5, 0.6) is 11.5 Å². The van der Waals surface area contributed by atoms with E-state index in [1.54, 1.807) is 7.05 Å². The molecule has 4 fully saturated rings. The number of carbonyl (C=O) groups is 3. The second kappa shape index (κ2) is 33.2. The van der Waals surface area contributed by atoms with Crippen molar-refractivity contribution in [2.24, 2.45) is 11.8 Å². The van der Waals surface area contributed by atoms with Crippen LogP contribution < -0.4 is 35.9 Å². The molecular formula is C66H95N7O11. The Labute approximate surface area is 498 Å². The summed E-state index contributed by atoms with van der Waals surface area (Å²) in [5.74, 6) is 2.05. The number of H-pyrrole nitrogens is 1. The lowest BCUT2D eigenvalue weighted by Gasteiger charge is -2.41. The molecule has 0 radical (unpaired) electrons. The maximum Gasteiger partial charge on any atom is 0.253 e. The number of carbonyl (C=O) groups excluding carboxylic acids is 3. The van der Waals surface area contributed by atoms with E-state index in [0.29, 0.717) is 102 Å². The molecule has 1 aliphatic carbocycles. The minimum Gasteiger partial charge on any atom is -0.491 e. The standard InChI is InChI=1S/C66H95N7O11/c1-7-72(55-24-29-78-30-25-55)60-43-54(42-58(48(60)4)64(75)68-44-59-46(2)41-47(3)69-65(59)76)51-15-19-57(20-16-51)84-40-38-82-36-34-80-32-31-79-33-35-81-37-39-83-56-17-13-50(14-18-56)21-26-71-27-22-52-23-28-73(61(52)45-71)66(77)62(53-11-9-8-10-12-53)70-63(74)49(5)67-6/h13-20,41-43,49,52-53,55,61-62,67H,7-12,21-40,44-45H2,1-6H3,(H,68,75)(H,69,76)(H,70,74)/t49-,52-,61-,62-/m0/s1. The number of nitrogens with zero attached hydrogens (tertiary/aromatic N) is 3. The molecule has 4 N–H and O–H groups in total. The molecule has 460 valence electrons. The molecule has 3 aromatic carbocycles. The number of fused-ring (bicyclic) bond motifs is 1. The molecule has 8 rings (SSSR count). The van der Waals surface area contributed by atoms with E-state index in [2.05, 4.69) is 60.8 Å². The number of aromatic nitrogens is 1. The Balaban J connectivity index is 0.661. The average molecular weight is 1160 g/mol. The summed E-state index contributed by atoms with van der Waals surface area (Å²) in [6.45, 7) is 20.2. The second-order valence-electron chi connectivity index (χ2n) is 23.1. The van der Waals surface area contributed by atoms with Crippen molar-refractivity contribution in [2.45, 2.75) is 130 Å². The van der Waals surface area contributed by atoms with Crippen LogP contribution in [0.1, 0.15) is 110 Å². The summed E-state index contributed by atoms with van der Waals surface area (Å²) >= 11 is 0. The highest BCUT2D eigenvalue weighted by atomic mass is 16.6. The molecule has 0 unspecified atom stereocenters. The Morgan fingerprint density at radius 3 is 1.95 bits per heavy atom. The first kappa shape index (κ1) is 64.1. The molecule has 84 heavy (non-hydrogen) atoms. The Bertz CT molecular complexity index is 2750. The smallest absolute Gasteiger partial charge is 0.253 e. The number of rotatable bonds is 32. The Kier molecular flexibility index (Phi) is 25.3. The fourth-order valence-corrected chi connectivity index (χ4v) is 12.5. The van der Waals surface area contributed by atoms with Crippen LogP contribution in [0.4, 0.5) is 5.69 Å². The van der Waals surface area contributed by atoms with Crippen molar-refractivity contribution in [3.63, 3.8) is 0 Å². The quantitative estimate of drug-likeness (QED) is 0.0350. The van der Waals surface area contributed by atoms with Gasteiger partial charge in [-0.05, 0) is 175 Å². The van der Waals surface area contributed by atoms with E-state index in [4.69, 9.17) is 33.2 Å². The van der Waals surface area contributed by atoms with E-state index in [1.165, 1.54) is 12.0 Å². The molecule has 18 nitrogen and oxygen atoms in total. The molecule has 18 heteroatoms. The van der Waals surface area contributed by atoms with Crippen molar-refractivity contribution in [3.05, 3.63) is 111 Å². The third-order valence-electron chi connectivity index (χ3n) is 17.5. The van der Waals surface area contributed by atoms with Crippen LogP contribution in [0.2, 0.25) is 0 Å². The van der Waals surface area contributed by atoms with Gasteiger partial charge in [-0.2, -0.15) is 0 Å². The molecule has 1 saturated carbocycles. The van der Waals surface area contributed by atoms with Gasteiger partial charge in [-0.15, -0.1) is 0 Å². The largest absolute Gasteiger partial charge is 0.491 e. The van der Waals surface area contributed by atoms with Crippen LogP contribution in [0.25, 0.3) is 11.1 Å². The third-order valence-corrected chi connectivity index (χ3v) is 17.5. The highest BCUT2D eigenvalue weighted by molar-refractivity contribution is 5.99. The van der Waals surface area contributed by atoms with Crippen molar-refractivity contribution in [1.82, 2.24) is 30.7 Å². The summed E-state index contributed by atoms with van der Waals surface area (Å²) in [6, 6.07) is 22.0. The summed E-state index contributed by atoms with van der Waals surface area (Å²) in [6.07, 6.45) is 10.3. The van der Waals surface area contributed by atoms with Gasteiger partial charge in [0, 0.05) is 80.5 Å². The van der Waals surface area contributed by atoms with Gasteiger partial charge in [0.05, 0.1) is 58.9 Å². The number of aryl methyl sites for hydroxylation is 2. The number of anilines is 1. The van der Waals surface area contributed by atoms with Crippen molar-refractivity contribution >= 4 is 23.4 Å². The van der Waals surface area contributed by atoms with Gasteiger partial charge in [0.25, 0.3) is 11.5 Å². The van der Waals surface area contributed by atoms with E-state index >= 15 is 0 Å². The van der Waals surface area contributed by atoms with Gasteiger partial charge in [-0.3, -0.25) is 19.2 Å². The van der Waals surface area contributed by atoms with Crippen LogP contribution in [0, 0.1) is 32.6 Å². The average Bonchev–Trinajstić information content (AvgIpc) is 2.87. The minimum atomic E-state index is -0.443. The Morgan fingerprint density at radius 1 is 0.738 bits per heavy atom. The van der Waals surface area contributed by atoms with Gasteiger partial charge in [0.2, 0.25) is 11.8 Å². The van der Waals surface area contributed by atoms with Crippen molar-refractivity contribution in [2.75, 3.05) is 124 Å². The van der Waals surface area contributed by atoms with Gasteiger partial charge in [-0.25, -0.2) is 0 Å². The number of ether oxygens (including phenoxy) is 7. The van der Waals surface area contributed by atoms with E-state index in [0.717, 1.165) is 136 Å². The summed E-state index contributed by atoms with van der Waals surface area (Å²) in [5.41, 5.74) is 7.59. The maximum atomic E-state index is 14.2. The Hall–Kier alpha value is -5.86. The maximum absolute atomic E-state index is 14.2. The number of pyridine rings is 1. The molecule has 3 amide bonds. The van der Waals surface area contributed by atoms with Gasteiger partial charge in [0.1, 0.15) is 30.8 Å². The van der Waals surface area contributed by atoms with E-state index < -0.39 is 6.04 Å². The lowest BCUT2D eigenvalue weighted by atomic mass is 9.83. The van der Waals surface area contributed by atoms with Gasteiger partial charge in [0.15, 0.2) is 0 Å². The van der Waals surface area contributed by atoms with Gasteiger partial charge in [-0.1, -0.05) is 43.5 Å². The number of amides is 3. The third kappa shape index (κ3) is 18.3. The minimum absolute atomic E-state index is 0.0954. The molecule has 0 bridgehead atoms. The summed E-state index contributed by atoms with van der Waals surface area (Å²) in [4.78, 5) is 63.9. The number of benzene rings is 3. The van der Waals surface area contributed by atoms with E-state index in [9.17, 15) is 19.2 Å².